The molecule has 0 saturated carbocycles. The van der Waals surface area contributed by atoms with E-state index in [1.807, 2.05) is 0 Å². The highest BCUT2D eigenvalue weighted by atomic mass is 17.1. The van der Waals surface area contributed by atoms with E-state index in [1.54, 1.807) is 0 Å². The quantitative estimate of drug-likeness (QED) is 0.374. The molecule has 2 saturated heterocycles. The lowest BCUT2D eigenvalue weighted by atomic mass is 10.4. The predicted molar refractivity (Wildman–Crippen MR) is 50.2 cm³/mol. The first-order chi connectivity index (χ1) is 9.20. The fourth-order valence-electron chi connectivity index (χ4n) is 1.75. The maximum atomic E-state index is 11.3. The monoisotopic (exact) mass is 290 g/mol. The van der Waals surface area contributed by atoms with Gasteiger partial charge < -0.3 is 0 Å². The lowest BCUT2D eigenvalue weighted by molar-refractivity contribution is -1.14. The van der Waals surface area contributed by atoms with Crippen molar-refractivity contribution >= 4 is 29.8 Å². The summed E-state index contributed by atoms with van der Waals surface area (Å²) in [5, 5.41) is 19.1. The average molecular weight is 290 g/mol. The summed E-state index contributed by atoms with van der Waals surface area (Å²) in [7, 11) is 0. The zero-order valence-electron chi connectivity index (χ0n) is 9.98. The van der Waals surface area contributed by atoms with Crippen molar-refractivity contribution in [3.8, 4) is 0 Å². The number of rotatable bonds is 2. The highest BCUT2D eigenvalue weighted by molar-refractivity contribution is 5.92. The number of carbonyl (C=O) groups is 5. The highest BCUT2D eigenvalue weighted by Gasteiger charge is 2.60. The highest BCUT2D eigenvalue weighted by Crippen LogP contribution is 2.24. The van der Waals surface area contributed by atoms with E-state index in [4.69, 9.17) is 0 Å². The molecule has 0 atom stereocenters. The second kappa shape index (κ2) is 4.42. The zero-order valence-corrected chi connectivity index (χ0v) is 9.98. The van der Waals surface area contributed by atoms with E-state index in [9.17, 15) is 34.4 Å². The van der Waals surface area contributed by atoms with Gasteiger partial charge in [-0.3, -0.25) is 0 Å². The average Bonchev–Trinajstić information content (AvgIpc) is 2.75. The third kappa shape index (κ3) is 1.98. The van der Waals surface area contributed by atoms with Gasteiger partial charge in [0.2, 0.25) is 0 Å². The molecule has 0 spiro atoms. The molecule has 11 nitrogen and oxygen atoms in total. The van der Waals surface area contributed by atoms with E-state index < -0.39 is 39.4 Å². The largest absolute Gasteiger partial charge is 0.619 e. The first kappa shape index (κ1) is 14.2. The predicted octanol–water partition coefficient (Wildman–Crippen LogP) is -0.924. The van der Waals surface area contributed by atoms with Crippen molar-refractivity contribution in [2.75, 3.05) is 0 Å². The normalized spacial score (nSPS) is 24.1. The van der Waals surface area contributed by atoms with Crippen LogP contribution in [0.1, 0.15) is 25.7 Å². The Morgan fingerprint density at radius 2 is 1.00 bits per heavy atom. The van der Waals surface area contributed by atoms with Gasteiger partial charge >= 0.3 is 29.8 Å². The smallest absolute Gasteiger partial charge is 0.222 e. The van der Waals surface area contributed by atoms with E-state index in [0.29, 0.717) is 0 Å². The van der Waals surface area contributed by atoms with Crippen molar-refractivity contribution in [3.63, 3.8) is 0 Å². The fourth-order valence-corrected chi connectivity index (χ4v) is 1.75. The Hall–Kier alpha value is -2.21. The summed E-state index contributed by atoms with van der Waals surface area (Å²) < 4.78 is 0. The van der Waals surface area contributed by atoms with Crippen molar-refractivity contribution in [2.45, 2.75) is 25.7 Å². The van der Waals surface area contributed by atoms with Gasteiger partial charge in [0.25, 0.3) is 0 Å². The number of quaternary nitrogens is 2. The van der Waals surface area contributed by atoms with Crippen LogP contribution in [0.25, 0.3) is 0 Å². The van der Waals surface area contributed by atoms with Gasteiger partial charge in [0, 0.05) is 0 Å². The summed E-state index contributed by atoms with van der Waals surface area (Å²) in [5.74, 6) is -4.46. The summed E-state index contributed by atoms with van der Waals surface area (Å²) in [4.78, 5) is 60.0. The standard InChI is InChI=1S/C9H10N2O9/c12-5-1-2-6(13)10(5,17)19-9(16)20-11(18)7(14)3-4-8(11)15/h17-18H,1-4H2/q+2. The molecule has 108 valence electrons. The van der Waals surface area contributed by atoms with Crippen molar-refractivity contribution in [1.29, 1.82) is 0 Å². The van der Waals surface area contributed by atoms with E-state index >= 15 is 0 Å². The number of amides is 4. The van der Waals surface area contributed by atoms with Crippen molar-refractivity contribution in [3.05, 3.63) is 0 Å². The second-order valence-electron chi connectivity index (χ2n) is 4.16. The van der Waals surface area contributed by atoms with Gasteiger partial charge in [-0.05, 0) is 0 Å². The molecule has 0 aromatic heterocycles. The molecule has 20 heavy (non-hydrogen) atoms. The van der Waals surface area contributed by atoms with Gasteiger partial charge in [0.1, 0.15) is 9.62 Å². The molecule has 0 aromatic rings. The molecule has 2 fully saturated rings. The molecule has 2 rings (SSSR count). The second-order valence-corrected chi connectivity index (χ2v) is 4.16. The minimum atomic E-state index is -2.28. The Labute approximate surface area is 110 Å². The molecule has 0 radical (unpaired) electrons. The first-order valence-electron chi connectivity index (χ1n) is 5.50. The summed E-state index contributed by atoms with van der Waals surface area (Å²) in [5.41, 5.74) is 0. The SMILES string of the molecule is O=C(O[N+]1(O)C(=O)CCC1=O)O[N+]1(O)C(=O)CCC1=O. The zero-order chi connectivity index (χ0) is 15.1. The minimum Gasteiger partial charge on any atom is -0.222 e. The summed E-state index contributed by atoms with van der Waals surface area (Å²) in [6.45, 7) is 0. The lowest BCUT2D eigenvalue weighted by Gasteiger charge is -2.17. The van der Waals surface area contributed by atoms with Crippen molar-refractivity contribution in [1.82, 2.24) is 0 Å². The third-order valence-electron chi connectivity index (χ3n) is 2.87. The number of hydrogen-bond acceptors (Lipinski definition) is 9. The van der Waals surface area contributed by atoms with Crippen LogP contribution < -0.4 is 0 Å². The topological polar surface area (TPSA) is 144 Å². The summed E-state index contributed by atoms with van der Waals surface area (Å²) in [6, 6.07) is 0. The minimum absolute atomic E-state index is 0.348. The molecule has 2 aliphatic rings. The van der Waals surface area contributed by atoms with Crippen molar-refractivity contribution in [2.24, 2.45) is 0 Å². The molecule has 0 aliphatic carbocycles. The Balaban J connectivity index is 2.10. The third-order valence-corrected chi connectivity index (χ3v) is 2.87. The Kier molecular flexibility index (Phi) is 3.14. The van der Waals surface area contributed by atoms with E-state index in [0.717, 1.165) is 0 Å². The van der Waals surface area contributed by atoms with Crippen LogP contribution in [0, 0.1) is 0 Å². The van der Waals surface area contributed by atoms with Crippen LogP contribution in [0.4, 0.5) is 4.79 Å². The van der Waals surface area contributed by atoms with Gasteiger partial charge in [-0.1, -0.05) is 0 Å². The number of hydroxylamine groups is 8. The van der Waals surface area contributed by atoms with Gasteiger partial charge in [-0.25, -0.2) is 19.2 Å². The van der Waals surface area contributed by atoms with Gasteiger partial charge in [-0.15, -0.1) is 0 Å². The van der Waals surface area contributed by atoms with Crippen LogP contribution in [0.5, 0.6) is 0 Å². The Bertz CT molecular complexity index is 462. The van der Waals surface area contributed by atoms with Gasteiger partial charge in [0.15, 0.2) is 0 Å². The van der Waals surface area contributed by atoms with Crippen LogP contribution in [0.2, 0.25) is 0 Å². The molecule has 2 N–H and O–H groups in total. The molecule has 0 aromatic carbocycles. The molecule has 11 heteroatoms. The van der Waals surface area contributed by atoms with Gasteiger partial charge in [0.05, 0.1) is 25.7 Å². The van der Waals surface area contributed by atoms with E-state index in [1.165, 1.54) is 0 Å². The van der Waals surface area contributed by atoms with E-state index in [-0.39, 0.29) is 25.7 Å². The number of nitrogens with zero attached hydrogens (tertiary/aromatic N) is 2. The molecular formula is C9H10N2O9+2. The molecular weight excluding hydrogens is 280 g/mol. The van der Waals surface area contributed by atoms with E-state index in [2.05, 4.69) is 9.68 Å². The first-order valence-corrected chi connectivity index (χ1v) is 5.50. The molecule has 2 aliphatic heterocycles. The molecule has 2 heterocycles. The maximum absolute atomic E-state index is 11.3. The lowest BCUT2D eigenvalue weighted by Crippen LogP contribution is -2.55. The van der Waals surface area contributed by atoms with Crippen LogP contribution >= 0.6 is 0 Å². The summed E-state index contributed by atoms with van der Waals surface area (Å²) >= 11 is 0. The van der Waals surface area contributed by atoms with Crippen LogP contribution in [0.3, 0.4) is 0 Å². The van der Waals surface area contributed by atoms with Gasteiger partial charge in [-0.2, -0.15) is 24.9 Å². The summed E-state index contributed by atoms with van der Waals surface area (Å²) in [6.07, 6.45) is -3.31. The Morgan fingerprint density at radius 1 is 0.750 bits per heavy atom. The number of carbonyl (C=O) groups excluding carboxylic acids is 5. The number of imide groups is 2. The van der Waals surface area contributed by atoms with Crippen LogP contribution in [-0.2, 0) is 28.9 Å². The van der Waals surface area contributed by atoms with Crippen LogP contribution in [-0.4, -0.2) is 49.8 Å². The van der Waals surface area contributed by atoms with Crippen LogP contribution in [0.15, 0.2) is 0 Å². The molecule has 4 amide bonds. The molecule has 0 bridgehead atoms. The number of hydrogen-bond donors (Lipinski definition) is 2. The molecule has 0 unspecified atom stereocenters. The van der Waals surface area contributed by atoms with Crippen molar-refractivity contribution < 1.29 is 53.7 Å². The maximum Gasteiger partial charge on any atom is 0.619 e. The fraction of sp³-hybridized carbons (Fsp3) is 0.444. The Morgan fingerprint density at radius 3 is 1.25 bits per heavy atom.